The number of benzene rings is 2. The molecule has 4 nitrogen and oxygen atoms in total. The molecule has 2 aromatic carbocycles. The summed E-state index contributed by atoms with van der Waals surface area (Å²) in [7, 11) is 0. The monoisotopic (exact) mass is 411 g/mol. The van der Waals surface area contributed by atoms with E-state index in [4.69, 9.17) is 5.73 Å². The predicted molar refractivity (Wildman–Crippen MR) is 119 cm³/mol. The molecule has 1 amide bonds. The van der Waals surface area contributed by atoms with Crippen LogP contribution in [0.3, 0.4) is 0 Å². The van der Waals surface area contributed by atoms with Crippen molar-refractivity contribution in [3.05, 3.63) is 65.2 Å². The lowest BCUT2D eigenvalue weighted by Crippen LogP contribution is -2.32. The zero-order chi connectivity index (χ0) is 18.4. The molecule has 0 spiro atoms. The van der Waals surface area contributed by atoms with Gasteiger partial charge in [0.05, 0.1) is 0 Å². The standard InChI is InChI=1S/C21H29N3O.2ClH/c1-14(2)16(4)24-20-12-8-11-18(15(20)3)21(25)23-13-19(22)17-9-6-5-7-10-17;;/h5-12,14,16,19,24H,13,22H2,1-4H3,(H,23,25);2*1H. The van der Waals surface area contributed by atoms with Crippen molar-refractivity contribution < 1.29 is 4.79 Å². The van der Waals surface area contributed by atoms with Crippen LogP contribution in [-0.2, 0) is 0 Å². The van der Waals surface area contributed by atoms with Crippen molar-refractivity contribution in [1.29, 1.82) is 0 Å². The van der Waals surface area contributed by atoms with E-state index >= 15 is 0 Å². The smallest absolute Gasteiger partial charge is 0.251 e. The van der Waals surface area contributed by atoms with Gasteiger partial charge in [0.25, 0.3) is 5.91 Å². The van der Waals surface area contributed by atoms with Crippen LogP contribution < -0.4 is 16.4 Å². The van der Waals surface area contributed by atoms with Crippen molar-refractivity contribution in [2.24, 2.45) is 11.7 Å². The molecule has 0 saturated heterocycles. The first-order valence-corrected chi connectivity index (χ1v) is 8.85. The Morgan fingerprint density at radius 1 is 1.00 bits per heavy atom. The Balaban J connectivity index is 0.00000338. The molecule has 0 bridgehead atoms. The average molecular weight is 412 g/mol. The fourth-order valence-corrected chi connectivity index (χ4v) is 2.57. The second kappa shape index (κ2) is 11.9. The van der Waals surface area contributed by atoms with E-state index in [1.54, 1.807) is 0 Å². The molecule has 4 N–H and O–H groups in total. The summed E-state index contributed by atoms with van der Waals surface area (Å²) in [5.41, 5.74) is 9.82. The van der Waals surface area contributed by atoms with Crippen molar-refractivity contribution >= 4 is 36.4 Å². The summed E-state index contributed by atoms with van der Waals surface area (Å²) in [6.45, 7) is 8.88. The van der Waals surface area contributed by atoms with Crippen LogP contribution in [0, 0.1) is 12.8 Å². The minimum atomic E-state index is -0.215. The highest BCUT2D eigenvalue weighted by molar-refractivity contribution is 5.97. The minimum Gasteiger partial charge on any atom is -0.382 e. The topological polar surface area (TPSA) is 67.2 Å². The normalized spacial score (nSPS) is 12.4. The maximum absolute atomic E-state index is 12.6. The van der Waals surface area contributed by atoms with Crippen LogP contribution in [0.15, 0.2) is 48.5 Å². The number of hydrogen-bond donors (Lipinski definition) is 3. The zero-order valence-corrected chi connectivity index (χ0v) is 18.0. The SMILES string of the molecule is Cc1c(NC(C)C(C)C)cccc1C(=O)NCC(N)c1ccccc1.Cl.Cl. The third-order valence-electron chi connectivity index (χ3n) is 4.67. The summed E-state index contributed by atoms with van der Waals surface area (Å²) < 4.78 is 0. The van der Waals surface area contributed by atoms with Gasteiger partial charge in [0.1, 0.15) is 0 Å². The summed E-state index contributed by atoms with van der Waals surface area (Å²) >= 11 is 0. The summed E-state index contributed by atoms with van der Waals surface area (Å²) in [5.74, 6) is 0.422. The number of carbonyl (C=O) groups is 1. The molecule has 0 aliphatic rings. The maximum atomic E-state index is 12.6. The van der Waals surface area contributed by atoms with Gasteiger partial charge in [-0.1, -0.05) is 50.2 Å². The molecular weight excluding hydrogens is 381 g/mol. The number of carbonyl (C=O) groups excluding carboxylic acids is 1. The Hall–Kier alpha value is -1.75. The molecule has 6 heteroatoms. The molecule has 2 rings (SSSR count). The van der Waals surface area contributed by atoms with Gasteiger partial charge in [-0.25, -0.2) is 0 Å². The number of hydrogen-bond acceptors (Lipinski definition) is 3. The molecule has 0 saturated carbocycles. The quantitative estimate of drug-likeness (QED) is 0.616. The van der Waals surface area contributed by atoms with Crippen molar-refractivity contribution in [3.63, 3.8) is 0 Å². The molecule has 0 aromatic heterocycles. The Morgan fingerprint density at radius 2 is 1.63 bits per heavy atom. The average Bonchev–Trinajstić information content (AvgIpc) is 2.61. The zero-order valence-electron chi connectivity index (χ0n) is 16.4. The van der Waals surface area contributed by atoms with Crippen LogP contribution in [0.25, 0.3) is 0 Å². The fourth-order valence-electron chi connectivity index (χ4n) is 2.57. The first kappa shape index (κ1) is 25.2. The van der Waals surface area contributed by atoms with Crippen LogP contribution in [0.4, 0.5) is 5.69 Å². The van der Waals surface area contributed by atoms with E-state index in [-0.39, 0.29) is 36.8 Å². The summed E-state index contributed by atoms with van der Waals surface area (Å²) in [6, 6.07) is 15.7. The van der Waals surface area contributed by atoms with Crippen molar-refractivity contribution in [2.45, 2.75) is 39.8 Å². The third-order valence-corrected chi connectivity index (χ3v) is 4.67. The molecular formula is C21H31Cl2N3O. The number of halogens is 2. The second-order valence-electron chi connectivity index (χ2n) is 6.88. The first-order valence-electron chi connectivity index (χ1n) is 8.85. The Bertz CT molecular complexity index is 708. The number of nitrogens with two attached hydrogens (primary N) is 1. The highest BCUT2D eigenvalue weighted by atomic mass is 35.5. The minimum absolute atomic E-state index is 0. The van der Waals surface area contributed by atoms with Gasteiger partial charge in [-0.05, 0) is 43.0 Å². The number of nitrogens with one attached hydrogen (secondary N) is 2. The third kappa shape index (κ3) is 7.06. The van der Waals surface area contributed by atoms with Crippen LogP contribution in [0.1, 0.15) is 48.3 Å². The molecule has 0 radical (unpaired) electrons. The van der Waals surface area contributed by atoms with E-state index in [0.717, 1.165) is 16.8 Å². The second-order valence-corrected chi connectivity index (χ2v) is 6.88. The highest BCUT2D eigenvalue weighted by Gasteiger charge is 2.15. The van der Waals surface area contributed by atoms with Gasteiger partial charge in [0, 0.05) is 29.9 Å². The summed E-state index contributed by atoms with van der Waals surface area (Å²) in [6.07, 6.45) is 0. The Labute approximate surface area is 175 Å². The summed E-state index contributed by atoms with van der Waals surface area (Å²) in [5, 5.41) is 6.44. The van der Waals surface area contributed by atoms with E-state index in [0.29, 0.717) is 24.1 Å². The van der Waals surface area contributed by atoms with Gasteiger partial charge in [0.15, 0.2) is 0 Å². The van der Waals surface area contributed by atoms with Crippen molar-refractivity contribution in [2.75, 3.05) is 11.9 Å². The first-order chi connectivity index (χ1) is 11.9. The fraction of sp³-hybridized carbons (Fsp3) is 0.381. The van der Waals surface area contributed by atoms with E-state index < -0.39 is 0 Å². The number of amides is 1. The molecule has 150 valence electrons. The lowest BCUT2D eigenvalue weighted by molar-refractivity contribution is 0.0950. The van der Waals surface area contributed by atoms with Gasteiger partial charge in [0.2, 0.25) is 0 Å². The van der Waals surface area contributed by atoms with Crippen LogP contribution in [0.2, 0.25) is 0 Å². The number of anilines is 1. The molecule has 2 aromatic rings. The van der Waals surface area contributed by atoms with Crippen molar-refractivity contribution in [3.8, 4) is 0 Å². The Morgan fingerprint density at radius 3 is 2.22 bits per heavy atom. The summed E-state index contributed by atoms with van der Waals surface area (Å²) in [4.78, 5) is 12.6. The molecule has 27 heavy (non-hydrogen) atoms. The van der Waals surface area contributed by atoms with Gasteiger partial charge in [-0.15, -0.1) is 24.8 Å². The lowest BCUT2D eigenvalue weighted by Gasteiger charge is -2.21. The van der Waals surface area contributed by atoms with Gasteiger partial charge < -0.3 is 16.4 Å². The van der Waals surface area contributed by atoms with Gasteiger partial charge >= 0.3 is 0 Å². The van der Waals surface area contributed by atoms with Crippen LogP contribution >= 0.6 is 24.8 Å². The van der Waals surface area contributed by atoms with Gasteiger partial charge in [-0.3, -0.25) is 4.79 Å². The van der Waals surface area contributed by atoms with Gasteiger partial charge in [-0.2, -0.15) is 0 Å². The van der Waals surface area contributed by atoms with E-state index in [1.807, 2.05) is 55.5 Å². The van der Waals surface area contributed by atoms with Crippen LogP contribution in [0.5, 0.6) is 0 Å². The Kier molecular flexibility index (Phi) is 11.1. The maximum Gasteiger partial charge on any atom is 0.251 e. The van der Waals surface area contributed by atoms with E-state index in [9.17, 15) is 4.79 Å². The molecule has 0 aliphatic heterocycles. The number of rotatable bonds is 7. The van der Waals surface area contributed by atoms with E-state index in [1.165, 1.54) is 0 Å². The van der Waals surface area contributed by atoms with E-state index in [2.05, 4.69) is 31.4 Å². The molecule has 2 atom stereocenters. The van der Waals surface area contributed by atoms with Crippen LogP contribution in [-0.4, -0.2) is 18.5 Å². The molecule has 2 unspecified atom stereocenters. The molecule has 0 fully saturated rings. The van der Waals surface area contributed by atoms with Crippen molar-refractivity contribution in [1.82, 2.24) is 5.32 Å². The lowest BCUT2D eigenvalue weighted by atomic mass is 10.0. The largest absolute Gasteiger partial charge is 0.382 e. The highest BCUT2D eigenvalue weighted by Crippen LogP contribution is 2.21. The predicted octanol–water partition coefficient (Wildman–Crippen LogP) is 4.72. The molecule has 0 heterocycles. The molecule has 0 aliphatic carbocycles.